The van der Waals surface area contributed by atoms with Crippen LogP contribution in [0.2, 0.25) is 0 Å². The van der Waals surface area contributed by atoms with Gasteiger partial charge in [-0.15, -0.1) is 0 Å². The second-order valence-electron chi connectivity index (χ2n) is 6.03. The number of nitrogens with zero attached hydrogens (tertiary/aromatic N) is 3. The van der Waals surface area contributed by atoms with Gasteiger partial charge in [-0.2, -0.15) is 0 Å². The molecule has 0 spiro atoms. The minimum atomic E-state index is 0.869. The average Bonchev–Trinajstić information content (AvgIpc) is 2.52. The molecule has 1 aliphatic heterocycles. The van der Waals surface area contributed by atoms with Crippen molar-refractivity contribution < 1.29 is 4.74 Å². The van der Waals surface area contributed by atoms with Gasteiger partial charge in [0.05, 0.1) is 7.11 Å². The molecule has 116 valence electrons. The molecule has 22 heavy (non-hydrogen) atoms. The number of aromatic nitrogens is 2. The summed E-state index contributed by atoms with van der Waals surface area (Å²) in [6.45, 7) is 9.20. The highest BCUT2D eigenvalue weighted by molar-refractivity contribution is 5.43. The summed E-state index contributed by atoms with van der Waals surface area (Å²) in [4.78, 5) is 11.4. The minimum absolute atomic E-state index is 0.869. The van der Waals surface area contributed by atoms with Crippen LogP contribution in [-0.4, -0.2) is 28.5 Å². The Labute approximate surface area is 132 Å². The van der Waals surface area contributed by atoms with Crippen LogP contribution in [0.4, 0.5) is 0 Å². The Morgan fingerprint density at radius 2 is 2.00 bits per heavy atom. The molecule has 0 unspecified atom stereocenters. The average molecular weight is 297 g/mol. The lowest BCUT2D eigenvalue weighted by molar-refractivity contribution is 0.242. The second kappa shape index (κ2) is 6.05. The Morgan fingerprint density at radius 1 is 1.18 bits per heavy atom. The minimum Gasteiger partial charge on any atom is -0.496 e. The molecule has 3 rings (SSSR count). The highest BCUT2D eigenvalue weighted by Crippen LogP contribution is 2.26. The van der Waals surface area contributed by atoms with Crippen molar-refractivity contribution in [3.8, 4) is 5.75 Å². The van der Waals surface area contributed by atoms with Crippen molar-refractivity contribution in [2.45, 2.75) is 40.3 Å². The van der Waals surface area contributed by atoms with Crippen LogP contribution in [0.25, 0.3) is 0 Å². The molecular weight excluding hydrogens is 274 g/mol. The van der Waals surface area contributed by atoms with Crippen molar-refractivity contribution in [1.82, 2.24) is 14.9 Å². The van der Waals surface area contributed by atoms with Gasteiger partial charge in [-0.1, -0.05) is 6.07 Å². The number of ether oxygens (including phenoxy) is 1. The third-order valence-corrected chi connectivity index (χ3v) is 4.60. The molecule has 1 aromatic heterocycles. The van der Waals surface area contributed by atoms with Crippen LogP contribution in [-0.2, 0) is 19.5 Å². The van der Waals surface area contributed by atoms with E-state index >= 15 is 0 Å². The summed E-state index contributed by atoms with van der Waals surface area (Å²) in [7, 11) is 1.73. The molecule has 4 nitrogen and oxygen atoms in total. The maximum atomic E-state index is 5.40. The van der Waals surface area contributed by atoms with Crippen LogP contribution in [0, 0.1) is 20.8 Å². The summed E-state index contributed by atoms with van der Waals surface area (Å²) < 4.78 is 5.40. The number of methoxy groups -OCH3 is 1. The van der Waals surface area contributed by atoms with E-state index in [0.29, 0.717) is 0 Å². The number of hydrogen-bond acceptors (Lipinski definition) is 4. The molecule has 2 aromatic rings. The summed E-state index contributed by atoms with van der Waals surface area (Å²) >= 11 is 0. The predicted molar refractivity (Wildman–Crippen MR) is 87.1 cm³/mol. The maximum absolute atomic E-state index is 5.40. The molecule has 4 heteroatoms. The predicted octanol–water partition coefficient (Wildman–Crippen LogP) is 2.97. The molecule has 0 fully saturated rings. The SMILES string of the molecule is COc1ccc(CN2CCc3nc(C)ncc3C2)c(C)c1C. The van der Waals surface area contributed by atoms with E-state index in [9.17, 15) is 0 Å². The summed E-state index contributed by atoms with van der Waals surface area (Å²) in [5, 5.41) is 0. The van der Waals surface area contributed by atoms with Crippen molar-refractivity contribution in [2.24, 2.45) is 0 Å². The first kappa shape index (κ1) is 15.0. The van der Waals surface area contributed by atoms with Crippen LogP contribution in [0.1, 0.15) is 33.8 Å². The molecule has 0 amide bonds. The number of fused-ring (bicyclic) bond motifs is 1. The standard InChI is InChI=1S/C18H23N3O/c1-12-13(2)18(22-4)6-5-15(12)10-21-8-7-17-16(11-21)9-19-14(3)20-17/h5-6,9H,7-8,10-11H2,1-4H3. The molecule has 0 aliphatic carbocycles. The molecule has 1 aliphatic rings. The highest BCUT2D eigenvalue weighted by Gasteiger charge is 2.19. The van der Waals surface area contributed by atoms with Gasteiger partial charge in [-0.25, -0.2) is 9.97 Å². The summed E-state index contributed by atoms with van der Waals surface area (Å²) in [6.07, 6.45) is 2.99. The van der Waals surface area contributed by atoms with E-state index in [4.69, 9.17) is 4.74 Å². The van der Waals surface area contributed by atoms with E-state index in [0.717, 1.165) is 37.6 Å². The van der Waals surface area contributed by atoms with Gasteiger partial charge in [-0.05, 0) is 43.5 Å². The molecule has 0 N–H and O–H groups in total. The normalized spacial score (nSPS) is 14.7. The van der Waals surface area contributed by atoms with E-state index in [-0.39, 0.29) is 0 Å². The largest absolute Gasteiger partial charge is 0.496 e. The monoisotopic (exact) mass is 297 g/mol. The van der Waals surface area contributed by atoms with Gasteiger partial charge < -0.3 is 4.74 Å². The fraction of sp³-hybridized carbons (Fsp3) is 0.444. The van der Waals surface area contributed by atoms with Crippen molar-refractivity contribution in [3.05, 3.63) is 52.1 Å². The zero-order chi connectivity index (χ0) is 15.7. The van der Waals surface area contributed by atoms with Gasteiger partial charge in [-0.3, -0.25) is 4.90 Å². The van der Waals surface area contributed by atoms with Gasteiger partial charge in [0.15, 0.2) is 0 Å². The van der Waals surface area contributed by atoms with Crippen LogP contribution in [0.15, 0.2) is 18.3 Å². The summed E-state index contributed by atoms with van der Waals surface area (Å²) in [5.41, 5.74) is 6.41. The Morgan fingerprint density at radius 3 is 2.77 bits per heavy atom. The van der Waals surface area contributed by atoms with E-state index in [1.807, 2.05) is 13.1 Å². The van der Waals surface area contributed by atoms with Crippen molar-refractivity contribution in [3.63, 3.8) is 0 Å². The van der Waals surface area contributed by atoms with E-state index in [1.54, 1.807) is 7.11 Å². The second-order valence-corrected chi connectivity index (χ2v) is 6.03. The first-order valence-corrected chi connectivity index (χ1v) is 7.75. The third kappa shape index (κ3) is 2.83. The van der Waals surface area contributed by atoms with E-state index in [2.05, 4.69) is 40.8 Å². The zero-order valence-corrected chi connectivity index (χ0v) is 13.8. The Hall–Kier alpha value is -1.94. The Bertz CT molecular complexity index is 697. The smallest absolute Gasteiger partial charge is 0.125 e. The lowest BCUT2D eigenvalue weighted by Gasteiger charge is -2.28. The van der Waals surface area contributed by atoms with Gasteiger partial charge in [0.25, 0.3) is 0 Å². The van der Waals surface area contributed by atoms with Crippen molar-refractivity contribution in [2.75, 3.05) is 13.7 Å². The number of hydrogen-bond donors (Lipinski definition) is 0. The highest BCUT2D eigenvalue weighted by atomic mass is 16.5. The first-order valence-electron chi connectivity index (χ1n) is 7.75. The number of rotatable bonds is 3. The van der Waals surface area contributed by atoms with Gasteiger partial charge in [0, 0.05) is 43.5 Å². The topological polar surface area (TPSA) is 38.2 Å². The van der Waals surface area contributed by atoms with Crippen LogP contribution < -0.4 is 4.74 Å². The molecular formula is C18H23N3O. The molecule has 0 saturated carbocycles. The fourth-order valence-corrected chi connectivity index (χ4v) is 3.09. The quantitative estimate of drug-likeness (QED) is 0.873. The fourth-order valence-electron chi connectivity index (χ4n) is 3.09. The molecule has 0 saturated heterocycles. The zero-order valence-electron chi connectivity index (χ0n) is 13.8. The summed E-state index contributed by atoms with van der Waals surface area (Å²) in [5.74, 6) is 1.84. The van der Waals surface area contributed by atoms with Crippen molar-refractivity contribution in [1.29, 1.82) is 0 Å². The van der Waals surface area contributed by atoms with Gasteiger partial charge >= 0.3 is 0 Å². The van der Waals surface area contributed by atoms with Gasteiger partial charge in [0.1, 0.15) is 11.6 Å². The van der Waals surface area contributed by atoms with Crippen LogP contribution >= 0.6 is 0 Å². The number of benzene rings is 1. The Kier molecular flexibility index (Phi) is 4.12. The van der Waals surface area contributed by atoms with Crippen LogP contribution in [0.3, 0.4) is 0 Å². The maximum Gasteiger partial charge on any atom is 0.125 e. The number of aryl methyl sites for hydroxylation is 1. The van der Waals surface area contributed by atoms with E-state index in [1.165, 1.54) is 27.9 Å². The van der Waals surface area contributed by atoms with E-state index < -0.39 is 0 Å². The first-order chi connectivity index (χ1) is 10.6. The third-order valence-electron chi connectivity index (χ3n) is 4.60. The molecule has 2 heterocycles. The lowest BCUT2D eigenvalue weighted by Crippen LogP contribution is -2.31. The Balaban J connectivity index is 1.78. The summed E-state index contributed by atoms with van der Waals surface area (Å²) in [6, 6.07) is 4.25. The molecule has 1 aromatic carbocycles. The molecule has 0 bridgehead atoms. The van der Waals surface area contributed by atoms with Crippen LogP contribution in [0.5, 0.6) is 5.75 Å². The molecule has 0 atom stereocenters. The van der Waals surface area contributed by atoms with Crippen molar-refractivity contribution >= 4 is 0 Å². The van der Waals surface area contributed by atoms with Gasteiger partial charge in [0.2, 0.25) is 0 Å². The lowest BCUT2D eigenvalue weighted by atomic mass is 10.0. The molecule has 0 radical (unpaired) electrons.